The van der Waals surface area contributed by atoms with Crippen molar-refractivity contribution >= 4 is 11.6 Å². The number of imidazole rings is 1. The normalized spacial score (nSPS) is 11.6. The molecule has 25 heavy (non-hydrogen) atoms. The molecule has 0 fully saturated rings. The number of carbonyl (C=O) groups is 1. The van der Waals surface area contributed by atoms with Crippen molar-refractivity contribution < 1.29 is 18.1 Å². The van der Waals surface area contributed by atoms with Gasteiger partial charge in [0.15, 0.2) is 11.6 Å². The lowest BCUT2D eigenvalue weighted by Crippen LogP contribution is -2.32. The van der Waals surface area contributed by atoms with Gasteiger partial charge in [-0.15, -0.1) is 0 Å². The number of hydrogen-bond acceptors (Lipinski definition) is 5. The number of nitrogens with one attached hydrogen (secondary N) is 1. The van der Waals surface area contributed by atoms with Crippen LogP contribution >= 0.6 is 0 Å². The molecule has 3 aromatic rings. The summed E-state index contributed by atoms with van der Waals surface area (Å²) in [5.41, 5.74) is 5.00. The Morgan fingerprint density at radius 1 is 1.32 bits per heavy atom. The molecule has 0 radical (unpaired) electrons. The maximum atomic E-state index is 14.2. The SMILES string of the molecule is CC(C)(N)c1nocc1C(=O)Nc1cc(F)c(-n2ccnc2)c(F)c1. The fourth-order valence-corrected chi connectivity index (χ4v) is 2.34. The van der Waals surface area contributed by atoms with E-state index < -0.39 is 23.1 Å². The summed E-state index contributed by atoms with van der Waals surface area (Å²) in [7, 11) is 0. The van der Waals surface area contributed by atoms with E-state index in [4.69, 9.17) is 10.3 Å². The van der Waals surface area contributed by atoms with E-state index in [9.17, 15) is 13.6 Å². The molecule has 1 amide bonds. The molecular formula is C16H15F2N5O2. The first kappa shape index (κ1) is 16.8. The lowest BCUT2D eigenvalue weighted by molar-refractivity contribution is 0.102. The second-order valence-corrected chi connectivity index (χ2v) is 6.01. The van der Waals surface area contributed by atoms with Crippen molar-refractivity contribution in [3.63, 3.8) is 0 Å². The molecule has 7 nitrogen and oxygen atoms in total. The fourth-order valence-electron chi connectivity index (χ4n) is 2.34. The molecule has 9 heteroatoms. The van der Waals surface area contributed by atoms with Crippen molar-refractivity contribution in [2.45, 2.75) is 19.4 Å². The van der Waals surface area contributed by atoms with E-state index in [1.54, 1.807) is 13.8 Å². The summed E-state index contributed by atoms with van der Waals surface area (Å²) >= 11 is 0. The Bertz CT molecular complexity index is 890. The number of hydrogen-bond donors (Lipinski definition) is 2. The largest absolute Gasteiger partial charge is 0.364 e. The van der Waals surface area contributed by atoms with E-state index in [-0.39, 0.29) is 22.6 Å². The number of carbonyl (C=O) groups excluding carboxylic acids is 1. The van der Waals surface area contributed by atoms with Crippen LogP contribution in [0.4, 0.5) is 14.5 Å². The van der Waals surface area contributed by atoms with Crippen molar-refractivity contribution in [3.8, 4) is 5.69 Å². The summed E-state index contributed by atoms with van der Waals surface area (Å²) in [5, 5.41) is 6.13. The van der Waals surface area contributed by atoms with Crippen LogP contribution in [0.25, 0.3) is 5.69 Å². The van der Waals surface area contributed by atoms with Crippen LogP contribution in [0.15, 0.2) is 41.6 Å². The molecule has 0 aliphatic heterocycles. The summed E-state index contributed by atoms with van der Waals surface area (Å²) in [5.74, 6) is -2.33. The lowest BCUT2D eigenvalue weighted by Gasteiger charge is -2.16. The molecule has 3 N–H and O–H groups in total. The average molecular weight is 347 g/mol. The summed E-state index contributed by atoms with van der Waals surface area (Å²) in [6.07, 6.45) is 5.21. The van der Waals surface area contributed by atoms with Gasteiger partial charge >= 0.3 is 0 Å². The quantitative estimate of drug-likeness (QED) is 0.756. The van der Waals surface area contributed by atoms with Crippen LogP contribution in [0.1, 0.15) is 29.9 Å². The Morgan fingerprint density at radius 2 is 2.00 bits per heavy atom. The molecule has 0 spiro atoms. The van der Waals surface area contributed by atoms with Gasteiger partial charge in [-0.2, -0.15) is 0 Å². The summed E-state index contributed by atoms with van der Waals surface area (Å²) in [6, 6.07) is 2.02. The Kier molecular flexibility index (Phi) is 4.09. The zero-order chi connectivity index (χ0) is 18.2. The topological polar surface area (TPSA) is 99.0 Å². The van der Waals surface area contributed by atoms with Crippen LogP contribution in [-0.2, 0) is 5.54 Å². The van der Waals surface area contributed by atoms with Crippen molar-refractivity contribution in [1.82, 2.24) is 14.7 Å². The molecular weight excluding hydrogens is 332 g/mol. The van der Waals surface area contributed by atoms with Crippen LogP contribution in [0.3, 0.4) is 0 Å². The number of nitrogens with two attached hydrogens (primary N) is 1. The monoisotopic (exact) mass is 347 g/mol. The number of amides is 1. The molecule has 2 heterocycles. The fraction of sp³-hybridized carbons (Fsp3) is 0.188. The van der Waals surface area contributed by atoms with Gasteiger partial charge in [0.25, 0.3) is 5.91 Å². The molecule has 0 saturated carbocycles. The molecule has 0 bridgehead atoms. The standard InChI is InChI=1S/C16H15F2N5O2/c1-16(2,19)14-10(7-25-22-14)15(24)21-9-5-11(17)13(12(18)6-9)23-4-3-20-8-23/h3-8H,19H2,1-2H3,(H,21,24). The molecule has 130 valence electrons. The molecule has 3 rings (SSSR count). The van der Waals surface area contributed by atoms with Gasteiger partial charge in [-0.25, -0.2) is 13.8 Å². The number of benzene rings is 1. The average Bonchev–Trinajstić information content (AvgIpc) is 3.17. The number of halogens is 2. The number of rotatable bonds is 4. The first-order chi connectivity index (χ1) is 11.8. The van der Waals surface area contributed by atoms with Crippen molar-refractivity contribution in [3.05, 3.63) is 60.0 Å². The van der Waals surface area contributed by atoms with Crippen molar-refractivity contribution in [2.75, 3.05) is 5.32 Å². The second kappa shape index (κ2) is 6.10. The van der Waals surface area contributed by atoms with E-state index >= 15 is 0 Å². The third-order valence-corrected chi connectivity index (χ3v) is 3.46. The zero-order valence-corrected chi connectivity index (χ0v) is 13.5. The molecule has 2 aromatic heterocycles. The maximum Gasteiger partial charge on any atom is 0.260 e. The highest BCUT2D eigenvalue weighted by Crippen LogP contribution is 2.24. The van der Waals surface area contributed by atoms with Crippen LogP contribution < -0.4 is 11.1 Å². The van der Waals surface area contributed by atoms with Crippen molar-refractivity contribution in [2.24, 2.45) is 5.73 Å². The number of anilines is 1. The maximum absolute atomic E-state index is 14.2. The van der Waals surface area contributed by atoms with Crippen LogP contribution in [0, 0.1) is 11.6 Å². The molecule has 0 saturated heterocycles. The Labute approximate surface area is 141 Å². The first-order valence-corrected chi connectivity index (χ1v) is 7.30. The Morgan fingerprint density at radius 3 is 2.56 bits per heavy atom. The van der Waals surface area contributed by atoms with Crippen molar-refractivity contribution in [1.29, 1.82) is 0 Å². The predicted octanol–water partition coefficient (Wildman–Crippen LogP) is 2.58. The summed E-state index contributed by atoms with van der Waals surface area (Å²) in [6.45, 7) is 3.31. The smallest absolute Gasteiger partial charge is 0.260 e. The van der Waals surface area contributed by atoms with Gasteiger partial charge in [0.2, 0.25) is 0 Å². The Hall–Kier alpha value is -3.07. The predicted molar refractivity (Wildman–Crippen MR) is 85.1 cm³/mol. The van der Waals surface area contributed by atoms with Gasteiger partial charge in [-0.05, 0) is 26.0 Å². The minimum atomic E-state index is -0.915. The molecule has 0 aliphatic rings. The molecule has 0 unspecified atom stereocenters. The van der Waals surface area contributed by atoms with Gasteiger partial charge < -0.3 is 20.1 Å². The lowest BCUT2D eigenvalue weighted by atomic mass is 9.98. The van der Waals surface area contributed by atoms with Crippen LogP contribution in [0.5, 0.6) is 0 Å². The van der Waals surface area contributed by atoms with Gasteiger partial charge in [0, 0.05) is 18.1 Å². The molecule has 0 atom stereocenters. The highest BCUT2D eigenvalue weighted by Gasteiger charge is 2.27. The van der Waals surface area contributed by atoms with Crippen LogP contribution in [-0.4, -0.2) is 20.6 Å². The van der Waals surface area contributed by atoms with E-state index in [0.29, 0.717) is 0 Å². The highest BCUT2D eigenvalue weighted by molar-refractivity contribution is 6.05. The minimum Gasteiger partial charge on any atom is -0.364 e. The van der Waals surface area contributed by atoms with Crippen LogP contribution in [0.2, 0.25) is 0 Å². The Balaban J connectivity index is 1.90. The van der Waals surface area contributed by atoms with E-state index in [1.165, 1.54) is 23.3 Å². The summed E-state index contributed by atoms with van der Waals surface area (Å²) in [4.78, 5) is 16.1. The number of aromatic nitrogens is 3. The first-order valence-electron chi connectivity index (χ1n) is 7.30. The van der Waals surface area contributed by atoms with E-state index in [1.807, 2.05) is 0 Å². The summed E-state index contributed by atoms with van der Waals surface area (Å²) < 4.78 is 34.5. The van der Waals surface area contributed by atoms with Gasteiger partial charge in [0.1, 0.15) is 23.2 Å². The minimum absolute atomic E-state index is 0.0501. The molecule has 0 aliphatic carbocycles. The van der Waals surface area contributed by atoms with Gasteiger partial charge in [0.05, 0.1) is 11.9 Å². The molecule has 1 aromatic carbocycles. The van der Waals surface area contributed by atoms with E-state index in [2.05, 4.69) is 15.5 Å². The third kappa shape index (κ3) is 3.26. The zero-order valence-electron chi connectivity index (χ0n) is 13.5. The second-order valence-electron chi connectivity index (χ2n) is 6.01. The van der Waals surface area contributed by atoms with E-state index in [0.717, 1.165) is 18.4 Å². The third-order valence-electron chi connectivity index (χ3n) is 3.46. The highest BCUT2D eigenvalue weighted by atomic mass is 19.1. The van der Waals surface area contributed by atoms with Gasteiger partial charge in [-0.1, -0.05) is 5.16 Å². The van der Waals surface area contributed by atoms with Gasteiger partial charge in [-0.3, -0.25) is 4.79 Å². The number of nitrogens with zero attached hydrogens (tertiary/aromatic N) is 3.